The van der Waals surface area contributed by atoms with Crippen molar-refractivity contribution in [3.8, 4) is 44.8 Å². The molecule has 2 nitrogen and oxygen atoms in total. The minimum Gasteiger partial charge on any atom is -0.246 e. The molecular weight excluding hydrogens is 820 g/mol. The van der Waals surface area contributed by atoms with E-state index in [0.717, 1.165) is 89.9 Å². The lowest BCUT2D eigenvalue weighted by atomic mass is 9.90. The molecule has 0 radical (unpaired) electrons. The highest BCUT2D eigenvalue weighted by molar-refractivity contribution is 6.48. The maximum absolute atomic E-state index is 7.86. The SMILES string of the molecule is CCCCCCCCc1ccc(-c2cc(-c3cccc4ccccc34)c3c(Cl)c4nc(-c5ccc(CCCCCCCC)cc5)cc(-c5cccc6ccccc56)c4c(Cl)c3n2)cc1. The molecule has 4 heteroatoms. The first kappa shape index (κ1) is 43.7. The van der Waals surface area contributed by atoms with Gasteiger partial charge in [-0.25, -0.2) is 9.97 Å². The van der Waals surface area contributed by atoms with Gasteiger partial charge in [0.05, 0.1) is 32.5 Å². The Labute approximate surface area is 389 Å². The lowest BCUT2D eigenvalue weighted by molar-refractivity contribution is 0.607. The van der Waals surface area contributed by atoms with Crippen LogP contribution in [0.1, 0.15) is 102 Å². The van der Waals surface area contributed by atoms with E-state index in [9.17, 15) is 0 Å². The minimum absolute atomic E-state index is 0.550. The Morgan fingerprint density at radius 3 is 1.17 bits per heavy atom. The molecule has 9 rings (SSSR count). The molecule has 0 atom stereocenters. The van der Waals surface area contributed by atoms with Gasteiger partial charge in [0, 0.05) is 21.9 Å². The fourth-order valence-electron chi connectivity index (χ4n) is 9.63. The van der Waals surface area contributed by atoms with Gasteiger partial charge in [0.2, 0.25) is 0 Å². The van der Waals surface area contributed by atoms with Crippen LogP contribution in [0.15, 0.2) is 146 Å². The second-order valence-corrected chi connectivity index (χ2v) is 18.4. The number of halogens is 2. The summed E-state index contributed by atoms with van der Waals surface area (Å²) >= 11 is 15.7. The summed E-state index contributed by atoms with van der Waals surface area (Å²) in [4.78, 5) is 10.9. The highest BCUT2D eigenvalue weighted by Crippen LogP contribution is 2.49. The number of aryl methyl sites for hydroxylation is 2. The topological polar surface area (TPSA) is 25.8 Å². The monoisotopic (exact) mass is 876 g/mol. The largest absolute Gasteiger partial charge is 0.246 e. The van der Waals surface area contributed by atoms with E-state index >= 15 is 0 Å². The Morgan fingerprint density at radius 1 is 0.375 bits per heavy atom. The first-order chi connectivity index (χ1) is 31.5. The standard InChI is InChI=1S/C60H58Cl2N2/c1-3-5-7-9-11-13-21-41-31-35-45(36-32-41)53-39-51(49-29-19-25-43-23-15-17-27-47(43)49)55-58(62)60-56(57(61)59(55)63-53)52(50-30-20-26-44-24-16-18-28-48(44)50)40-54(64-60)46-37-33-42(34-38-46)22-14-12-10-8-6-4-2/h15-20,23-40H,3-14,21-22H2,1-2H3. The molecule has 0 N–H and O–H groups in total. The van der Waals surface area contributed by atoms with Crippen LogP contribution in [-0.4, -0.2) is 9.97 Å². The number of nitrogens with zero attached hydrogens (tertiary/aromatic N) is 2. The van der Waals surface area contributed by atoms with Gasteiger partial charge in [-0.3, -0.25) is 0 Å². The molecule has 0 aliphatic carbocycles. The maximum Gasteiger partial charge on any atom is 0.0924 e. The van der Waals surface area contributed by atoms with Crippen LogP contribution in [0.2, 0.25) is 10.0 Å². The smallest absolute Gasteiger partial charge is 0.0924 e. The summed E-state index contributed by atoms with van der Waals surface area (Å²) in [6, 6.07) is 52.4. The average Bonchev–Trinajstić information content (AvgIpc) is 3.34. The fourth-order valence-corrected chi connectivity index (χ4v) is 10.3. The number of pyridine rings is 2. The zero-order valence-corrected chi connectivity index (χ0v) is 38.9. The van der Waals surface area contributed by atoms with Crippen molar-refractivity contribution in [2.45, 2.75) is 104 Å². The number of rotatable bonds is 18. The molecule has 0 unspecified atom stereocenters. The summed E-state index contributed by atoms with van der Waals surface area (Å²) in [5, 5.41) is 7.32. The molecule has 322 valence electrons. The Bertz CT molecular complexity index is 2820. The second-order valence-electron chi connectivity index (χ2n) is 17.7. The van der Waals surface area contributed by atoms with Gasteiger partial charge in [-0.05, 0) is 92.7 Å². The fraction of sp³-hybridized carbons (Fsp3) is 0.267. The predicted octanol–water partition coefficient (Wildman–Crippen LogP) is 18.9. The zero-order chi connectivity index (χ0) is 43.8. The van der Waals surface area contributed by atoms with Crippen LogP contribution in [0.3, 0.4) is 0 Å². The molecule has 2 aromatic heterocycles. The number of hydrogen-bond donors (Lipinski definition) is 0. The quantitative estimate of drug-likeness (QED) is 0.0634. The molecule has 0 bridgehead atoms. The average molecular weight is 878 g/mol. The molecule has 0 amide bonds. The second kappa shape index (κ2) is 20.5. The number of fused-ring (bicyclic) bond motifs is 4. The molecule has 0 aliphatic heterocycles. The van der Waals surface area contributed by atoms with Crippen LogP contribution in [0.25, 0.3) is 88.1 Å². The van der Waals surface area contributed by atoms with Crippen molar-refractivity contribution >= 4 is 66.6 Å². The van der Waals surface area contributed by atoms with E-state index in [1.807, 2.05) is 0 Å². The summed E-state index contributed by atoms with van der Waals surface area (Å²) in [5.74, 6) is 0. The van der Waals surface area contributed by atoms with Gasteiger partial charge in [-0.1, -0.05) is 235 Å². The van der Waals surface area contributed by atoms with Crippen molar-refractivity contribution in [1.82, 2.24) is 9.97 Å². The Hall–Kier alpha value is -5.54. The third-order valence-electron chi connectivity index (χ3n) is 13.2. The van der Waals surface area contributed by atoms with E-state index in [1.54, 1.807) is 0 Å². The third kappa shape index (κ3) is 9.33. The Morgan fingerprint density at radius 2 is 0.750 bits per heavy atom. The summed E-state index contributed by atoms with van der Waals surface area (Å²) in [6.07, 6.45) is 17.6. The van der Waals surface area contributed by atoms with Crippen molar-refractivity contribution in [1.29, 1.82) is 0 Å². The molecule has 0 aliphatic rings. The predicted molar refractivity (Wildman–Crippen MR) is 278 cm³/mol. The van der Waals surface area contributed by atoms with Crippen LogP contribution in [0, 0.1) is 0 Å². The highest BCUT2D eigenvalue weighted by atomic mass is 35.5. The molecule has 0 spiro atoms. The lowest BCUT2D eigenvalue weighted by Gasteiger charge is -2.19. The van der Waals surface area contributed by atoms with Gasteiger partial charge >= 0.3 is 0 Å². The van der Waals surface area contributed by atoms with Gasteiger partial charge in [0.25, 0.3) is 0 Å². The van der Waals surface area contributed by atoms with Crippen LogP contribution in [0.5, 0.6) is 0 Å². The van der Waals surface area contributed by atoms with Crippen LogP contribution < -0.4 is 0 Å². The van der Waals surface area contributed by atoms with E-state index in [2.05, 4.69) is 159 Å². The van der Waals surface area contributed by atoms with Crippen molar-refractivity contribution in [3.05, 3.63) is 167 Å². The van der Waals surface area contributed by atoms with Gasteiger partial charge < -0.3 is 0 Å². The summed E-state index contributed by atoms with van der Waals surface area (Å²) in [5.41, 5.74) is 12.0. The van der Waals surface area contributed by atoms with E-state index in [1.165, 1.54) is 88.2 Å². The zero-order valence-electron chi connectivity index (χ0n) is 37.4. The van der Waals surface area contributed by atoms with E-state index in [-0.39, 0.29) is 0 Å². The van der Waals surface area contributed by atoms with Crippen molar-refractivity contribution in [2.24, 2.45) is 0 Å². The minimum atomic E-state index is 0.550. The van der Waals surface area contributed by atoms with Gasteiger partial charge in [-0.15, -0.1) is 0 Å². The number of aromatic nitrogens is 2. The molecule has 64 heavy (non-hydrogen) atoms. The maximum atomic E-state index is 7.86. The first-order valence-corrected chi connectivity index (χ1v) is 24.6. The number of hydrogen-bond acceptors (Lipinski definition) is 2. The van der Waals surface area contributed by atoms with E-state index in [0.29, 0.717) is 21.1 Å². The normalized spacial score (nSPS) is 11.7. The van der Waals surface area contributed by atoms with E-state index < -0.39 is 0 Å². The molecule has 0 saturated carbocycles. The number of unbranched alkanes of at least 4 members (excludes halogenated alkanes) is 10. The van der Waals surface area contributed by atoms with Gasteiger partial charge in [-0.2, -0.15) is 0 Å². The summed E-state index contributed by atoms with van der Waals surface area (Å²) in [7, 11) is 0. The van der Waals surface area contributed by atoms with Gasteiger partial charge in [0.1, 0.15) is 0 Å². The lowest BCUT2D eigenvalue weighted by Crippen LogP contribution is -1.98. The van der Waals surface area contributed by atoms with E-state index in [4.69, 9.17) is 33.2 Å². The third-order valence-corrected chi connectivity index (χ3v) is 13.9. The molecule has 0 saturated heterocycles. The summed E-state index contributed by atoms with van der Waals surface area (Å²) < 4.78 is 0. The van der Waals surface area contributed by atoms with Crippen LogP contribution >= 0.6 is 23.2 Å². The molecule has 2 heterocycles. The van der Waals surface area contributed by atoms with Crippen molar-refractivity contribution in [2.75, 3.05) is 0 Å². The molecule has 7 aromatic carbocycles. The molecular formula is C60H58Cl2N2. The molecule has 9 aromatic rings. The Balaban J connectivity index is 1.22. The Kier molecular flexibility index (Phi) is 14.0. The van der Waals surface area contributed by atoms with Crippen LogP contribution in [0.4, 0.5) is 0 Å². The first-order valence-electron chi connectivity index (χ1n) is 23.8. The molecule has 0 fully saturated rings. The van der Waals surface area contributed by atoms with Crippen molar-refractivity contribution in [3.63, 3.8) is 0 Å². The van der Waals surface area contributed by atoms with Crippen molar-refractivity contribution < 1.29 is 0 Å². The number of benzene rings is 7. The van der Waals surface area contributed by atoms with Crippen LogP contribution in [-0.2, 0) is 12.8 Å². The highest BCUT2D eigenvalue weighted by Gasteiger charge is 2.24. The van der Waals surface area contributed by atoms with Gasteiger partial charge in [0.15, 0.2) is 0 Å². The summed E-state index contributed by atoms with van der Waals surface area (Å²) in [6.45, 7) is 4.55.